The second kappa shape index (κ2) is 6.90. The molecule has 0 saturated carbocycles. The second-order valence-electron chi connectivity index (χ2n) is 7.03. The van der Waals surface area contributed by atoms with Crippen LogP contribution >= 0.6 is 0 Å². The van der Waals surface area contributed by atoms with Gasteiger partial charge in [0.25, 0.3) is 0 Å². The van der Waals surface area contributed by atoms with Crippen molar-refractivity contribution < 1.29 is 29.3 Å². The van der Waals surface area contributed by atoms with Gasteiger partial charge >= 0.3 is 11.9 Å². The first kappa shape index (κ1) is 18.1. The van der Waals surface area contributed by atoms with Crippen LogP contribution in [0.4, 0.5) is 0 Å². The molecule has 0 bridgehead atoms. The van der Waals surface area contributed by atoms with Gasteiger partial charge in [-0.15, -0.1) is 0 Å². The maximum absolute atomic E-state index is 12.6. The molecule has 0 amide bonds. The minimum Gasteiger partial charge on any atom is -0.459 e. The number of carbonyl (C=O) groups excluding carboxylic acids is 2. The van der Waals surface area contributed by atoms with Gasteiger partial charge in [-0.1, -0.05) is 19.1 Å². The fourth-order valence-electron chi connectivity index (χ4n) is 3.85. The summed E-state index contributed by atoms with van der Waals surface area (Å²) in [5.41, 5.74) is -0.796. The zero-order valence-electron chi connectivity index (χ0n) is 14.6. The number of hydrogen-bond acceptors (Lipinski definition) is 7. The average molecular weight is 351 g/mol. The SMILES string of the molecule is CC=C1C[C@H](C)[C@@](O)(CO)C(=O)OCC2=CCN3CC[C@@H](OC1=O)[C@@H]23. The number of aliphatic hydroxyl groups excluding tert-OH is 1. The Kier molecular flexibility index (Phi) is 4.99. The Morgan fingerprint density at radius 3 is 2.88 bits per heavy atom. The molecule has 0 unspecified atom stereocenters. The summed E-state index contributed by atoms with van der Waals surface area (Å²) in [6.45, 7) is 4.12. The fourth-order valence-corrected chi connectivity index (χ4v) is 3.85. The van der Waals surface area contributed by atoms with E-state index >= 15 is 0 Å². The summed E-state index contributed by atoms with van der Waals surface area (Å²) in [7, 11) is 0. The number of allylic oxidation sites excluding steroid dienone is 1. The van der Waals surface area contributed by atoms with Crippen molar-refractivity contribution in [2.45, 2.75) is 44.4 Å². The molecule has 0 aliphatic carbocycles. The molecular formula is C18H25NO6. The highest BCUT2D eigenvalue weighted by molar-refractivity contribution is 5.89. The van der Waals surface area contributed by atoms with E-state index in [1.54, 1.807) is 19.9 Å². The highest BCUT2D eigenvalue weighted by Gasteiger charge is 2.46. The highest BCUT2D eigenvalue weighted by Crippen LogP contribution is 2.34. The lowest BCUT2D eigenvalue weighted by molar-refractivity contribution is -0.176. The Bertz CT molecular complexity index is 627. The van der Waals surface area contributed by atoms with Crippen LogP contribution in [0.25, 0.3) is 0 Å². The van der Waals surface area contributed by atoms with E-state index in [0.717, 1.165) is 25.1 Å². The number of esters is 2. The first-order valence-electron chi connectivity index (χ1n) is 8.70. The van der Waals surface area contributed by atoms with Crippen molar-refractivity contribution in [1.82, 2.24) is 4.90 Å². The van der Waals surface area contributed by atoms with Gasteiger partial charge < -0.3 is 19.7 Å². The standard InChI is InChI=1S/C18H25NO6/c1-3-12-8-11(2)18(23,10-20)17(22)24-9-13-4-6-19-7-5-14(15(13)19)25-16(12)21/h3-4,11,14-15,20,23H,5-10H2,1-2H3/t11-,14+,15+,18-/m0/s1. The molecule has 7 heteroatoms. The average Bonchev–Trinajstić information content (AvgIpc) is 3.18. The molecule has 0 spiro atoms. The first-order valence-corrected chi connectivity index (χ1v) is 8.70. The van der Waals surface area contributed by atoms with Crippen molar-refractivity contribution in [2.24, 2.45) is 5.92 Å². The summed E-state index contributed by atoms with van der Waals surface area (Å²) in [5.74, 6) is -1.99. The van der Waals surface area contributed by atoms with Crippen molar-refractivity contribution in [1.29, 1.82) is 0 Å². The maximum atomic E-state index is 12.6. The minimum absolute atomic E-state index is 0.0273. The maximum Gasteiger partial charge on any atom is 0.341 e. The van der Waals surface area contributed by atoms with Crippen LogP contribution in [0.3, 0.4) is 0 Å². The van der Waals surface area contributed by atoms with Crippen molar-refractivity contribution >= 4 is 11.9 Å². The van der Waals surface area contributed by atoms with Crippen molar-refractivity contribution in [2.75, 3.05) is 26.3 Å². The smallest absolute Gasteiger partial charge is 0.341 e. The van der Waals surface area contributed by atoms with Crippen LogP contribution in [-0.4, -0.2) is 71.1 Å². The topological polar surface area (TPSA) is 96.3 Å². The Hall–Kier alpha value is -1.70. The molecule has 3 aliphatic rings. The Morgan fingerprint density at radius 2 is 2.20 bits per heavy atom. The number of nitrogens with zero attached hydrogens (tertiary/aromatic N) is 1. The Labute approximate surface area is 146 Å². The molecule has 7 nitrogen and oxygen atoms in total. The molecule has 2 saturated heterocycles. The third-order valence-electron chi connectivity index (χ3n) is 5.59. The number of aliphatic hydroxyl groups is 2. The summed E-state index contributed by atoms with van der Waals surface area (Å²) in [5, 5.41) is 20.2. The molecule has 0 aromatic carbocycles. The molecule has 0 radical (unpaired) electrons. The molecule has 3 heterocycles. The molecule has 0 aromatic heterocycles. The molecule has 25 heavy (non-hydrogen) atoms. The van der Waals surface area contributed by atoms with E-state index in [1.165, 1.54) is 0 Å². The molecule has 2 fully saturated rings. The molecule has 3 rings (SSSR count). The lowest BCUT2D eigenvalue weighted by Gasteiger charge is -2.32. The molecule has 2 N–H and O–H groups in total. The van der Waals surface area contributed by atoms with E-state index in [1.807, 2.05) is 6.08 Å². The van der Waals surface area contributed by atoms with E-state index in [0.29, 0.717) is 5.57 Å². The van der Waals surface area contributed by atoms with Gasteiger partial charge in [0.15, 0.2) is 5.60 Å². The predicted octanol–water partition coefficient (Wildman–Crippen LogP) is 0.165. The lowest BCUT2D eigenvalue weighted by Crippen LogP contribution is -2.50. The molecule has 138 valence electrons. The fraction of sp³-hybridized carbons (Fsp3) is 0.667. The van der Waals surface area contributed by atoms with Crippen LogP contribution in [0.1, 0.15) is 26.7 Å². The van der Waals surface area contributed by atoms with Crippen LogP contribution in [0.5, 0.6) is 0 Å². The summed E-state index contributed by atoms with van der Waals surface area (Å²) < 4.78 is 11.1. The molecule has 3 aliphatic heterocycles. The number of carbonyl (C=O) groups is 2. The summed E-state index contributed by atoms with van der Waals surface area (Å²) in [4.78, 5) is 27.2. The van der Waals surface area contributed by atoms with Crippen molar-refractivity contribution in [3.8, 4) is 0 Å². The number of cyclic esters (lactones) is 1. The van der Waals surface area contributed by atoms with Gasteiger partial charge in [-0.05, 0) is 25.3 Å². The number of rotatable bonds is 1. The van der Waals surface area contributed by atoms with Gasteiger partial charge in [-0.25, -0.2) is 9.59 Å². The van der Waals surface area contributed by atoms with E-state index in [4.69, 9.17) is 9.47 Å². The van der Waals surface area contributed by atoms with Crippen molar-refractivity contribution in [3.05, 3.63) is 23.3 Å². The summed E-state index contributed by atoms with van der Waals surface area (Å²) in [6, 6.07) is -0.0890. The Balaban J connectivity index is 1.93. The van der Waals surface area contributed by atoms with E-state index in [9.17, 15) is 19.8 Å². The summed E-state index contributed by atoms with van der Waals surface area (Å²) >= 11 is 0. The quantitative estimate of drug-likeness (QED) is 0.395. The predicted molar refractivity (Wildman–Crippen MR) is 88.5 cm³/mol. The molecule has 0 aromatic rings. The minimum atomic E-state index is -2.05. The molecular weight excluding hydrogens is 326 g/mol. The van der Waals surface area contributed by atoms with Gasteiger partial charge in [-0.2, -0.15) is 0 Å². The van der Waals surface area contributed by atoms with Gasteiger partial charge in [0, 0.05) is 24.6 Å². The van der Waals surface area contributed by atoms with E-state index < -0.39 is 30.1 Å². The largest absolute Gasteiger partial charge is 0.459 e. The molecule has 4 atom stereocenters. The van der Waals surface area contributed by atoms with E-state index in [-0.39, 0.29) is 25.2 Å². The first-order chi connectivity index (χ1) is 11.9. The lowest BCUT2D eigenvalue weighted by atomic mass is 9.84. The monoisotopic (exact) mass is 351 g/mol. The van der Waals surface area contributed by atoms with Crippen LogP contribution in [-0.2, 0) is 19.1 Å². The third-order valence-corrected chi connectivity index (χ3v) is 5.59. The zero-order valence-corrected chi connectivity index (χ0v) is 14.6. The van der Waals surface area contributed by atoms with Crippen LogP contribution < -0.4 is 0 Å². The zero-order chi connectivity index (χ0) is 18.2. The van der Waals surface area contributed by atoms with Crippen molar-refractivity contribution in [3.63, 3.8) is 0 Å². The third kappa shape index (κ3) is 3.12. The highest BCUT2D eigenvalue weighted by atomic mass is 16.6. The van der Waals surface area contributed by atoms with Gasteiger partial charge in [-0.3, -0.25) is 4.90 Å². The summed E-state index contributed by atoms with van der Waals surface area (Å²) in [6.07, 6.45) is 4.20. The Morgan fingerprint density at radius 1 is 1.44 bits per heavy atom. The number of ether oxygens (including phenoxy) is 2. The van der Waals surface area contributed by atoms with Gasteiger partial charge in [0.05, 0.1) is 12.6 Å². The normalized spacial score (nSPS) is 38.5. The number of hydrogen-bond donors (Lipinski definition) is 2. The van der Waals surface area contributed by atoms with Crippen LogP contribution in [0, 0.1) is 5.92 Å². The van der Waals surface area contributed by atoms with Gasteiger partial charge in [0.1, 0.15) is 12.7 Å². The second-order valence-corrected chi connectivity index (χ2v) is 7.03. The van der Waals surface area contributed by atoms with Crippen LogP contribution in [0.2, 0.25) is 0 Å². The van der Waals surface area contributed by atoms with Gasteiger partial charge in [0.2, 0.25) is 0 Å². The van der Waals surface area contributed by atoms with Crippen LogP contribution in [0.15, 0.2) is 23.3 Å². The van der Waals surface area contributed by atoms with E-state index in [2.05, 4.69) is 4.90 Å².